The van der Waals surface area contributed by atoms with Crippen molar-refractivity contribution >= 4 is 33.2 Å². The van der Waals surface area contributed by atoms with Crippen LogP contribution in [0, 0.1) is 12.7 Å². The molecule has 4 rings (SSSR count). The van der Waals surface area contributed by atoms with Gasteiger partial charge >= 0.3 is 0 Å². The molecular weight excluding hydrogens is 449 g/mol. The van der Waals surface area contributed by atoms with Gasteiger partial charge in [0.2, 0.25) is 0 Å². The van der Waals surface area contributed by atoms with Crippen molar-refractivity contribution in [2.45, 2.75) is 11.8 Å². The van der Waals surface area contributed by atoms with Crippen LogP contribution < -0.4 is 15.6 Å². The number of hydrazine groups is 1. The smallest absolute Gasteiger partial charge is 0.288 e. The van der Waals surface area contributed by atoms with Crippen molar-refractivity contribution in [3.63, 3.8) is 0 Å². The van der Waals surface area contributed by atoms with Crippen LogP contribution >= 0.6 is 0 Å². The van der Waals surface area contributed by atoms with E-state index in [0.717, 1.165) is 24.3 Å². The van der Waals surface area contributed by atoms with Gasteiger partial charge in [0.05, 0.1) is 21.8 Å². The normalized spacial score (nSPS) is 11.2. The third-order valence-corrected chi connectivity index (χ3v) is 6.13. The number of anilines is 1. The highest BCUT2D eigenvalue weighted by Crippen LogP contribution is 2.20. The summed E-state index contributed by atoms with van der Waals surface area (Å²) in [6.45, 7) is 1.67. The van der Waals surface area contributed by atoms with Gasteiger partial charge in [0, 0.05) is 6.20 Å². The molecule has 2 amide bonds. The van der Waals surface area contributed by atoms with E-state index in [1.54, 1.807) is 47.9 Å². The van der Waals surface area contributed by atoms with E-state index in [2.05, 4.69) is 20.6 Å². The van der Waals surface area contributed by atoms with E-state index in [4.69, 9.17) is 0 Å². The molecule has 0 aliphatic heterocycles. The van der Waals surface area contributed by atoms with Crippen LogP contribution in [-0.4, -0.2) is 29.6 Å². The van der Waals surface area contributed by atoms with Crippen molar-refractivity contribution in [2.75, 3.05) is 4.72 Å². The molecule has 0 saturated heterocycles. The Morgan fingerprint density at radius 3 is 2.33 bits per heavy atom. The molecule has 4 aromatic rings. The fourth-order valence-electron chi connectivity index (χ4n) is 3.21. The number of amides is 2. The molecule has 0 bridgehead atoms. The van der Waals surface area contributed by atoms with E-state index in [1.165, 1.54) is 12.1 Å². The number of hydrogen-bond acceptors (Lipinski definition) is 5. The van der Waals surface area contributed by atoms with Crippen LogP contribution in [0.25, 0.3) is 5.65 Å². The lowest BCUT2D eigenvalue weighted by Crippen LogP contribution is -2.42. The Kier molecular flexibility index (Phi) is 5.80. The van der Waals surface area contributed by atoms with Crippen LogP contribution in [0.15, 0.2) is 77.8 Å². The van der Waals surface area contributed by atoms with Gasteiger partial charge in [-0.2, -0.15) is 0 Å². The number of nitrogens with one attached hydrogen (secondary N) is 3. The monoisotopic (exact) mass is 467 g/mol. The fraction of sp³-hybridized carbons (Fsp3) is 0.0455. The van der Waals surface area contributed by atoms with Crippen LogP contribution in [0.1, 0.15) is 26.5 Å². The number of aryl methyl sites for hydroxylation is 1. The number of para-hydroxylation sites is 1. The lowest BCUT2D eigenvalue weighted by molar-refractivity contribution is 0.0843. The highest BCUT2D eigenvalue weighted by Gasteiger charge is 2.20. The summed E-state index contributed by atoms with van der Waals surface area (Å²) in [6, 6.07) is 15.4. The summed E-state index contributed by atoms with van der Waals surface area (Å²) in [7, 11) is -4.08. The van der Waals surface area contributed by atoms with Gasteiger partial charge in [0.1, 0.15) is 17.2 Å². The summed E-state index contributed by atoms with van der Waals surface area (Å²) in [5.41, 5.74) is 5.87. The minimum Gasteiger partial charge on any atom is -0.295 e. The maximum atomic E-state index is 13.1. The van der Waals surface area contributed by atoms with Crippen molar-refractivity contribution in [3.05, 3.63) is 95.7 Å². The second-order valence-corrected chi connectivity index (χ2v) is 8.67. The molecule has 0 aliphatic rings. The van der Waals surface area contributed by atoms with Gasteiger partial charge in [0.25, 0.3) is 21.8 Å². The molecule has 2 aromatic carbocycles. The summed E-state index contributed by atoms with van der Waals surface area (Å²) in [5.74, 6) is -1.91. The topological polar surface area (TPSA) is 122 Å². The Balaban J connectivity index is 1.52. The van der Waals surface area contributed by atoms with Crippen molar-refractivity contribution in [3.8, 4) is 0 Å². The number of carbonyl (C=O) groups is 2. The number of rotatable bonds is 5. The first-order valence-corrected chi connectivity index (χ1v) is 11.2. The largest absolute Gasteiger partial charge is 0.295 e. The third kappa shape index (κ3) is 4.53. The predicted octanol–water partition coefficient (Wildman–Crippen LogP) is 2.66. The van der Waals surface area contributed by atoms with Gasteiger partial charge in [-0.05, 0) is 55.5 Å². The zero-order chi connectivity index (χ0) is 23.6. The summed E-state index contributed by atoms with van der Waals surface area (Å²) >= 11 is 0. The third-order valence-electron chi connectivity index (χ3n) is 4.75. The predicted molar refractivity (Wildman–Crippen MR) is 119 cm³/mol. The number of nitrogens with zero attached hydrogens (tertiary/aromatic N) is 2. The summed E-state index contributed by atoms with van der Waals surface area (Å²) in [5, 5.41) is 0. The lowest BCUT2D eigenvalue weighted by atomic mass is 10.2. The minimum absolute atomic E-state index is 0.0143. The molecule has 9 nitrogen and oxygen atoms in total. The summed E-state index contributed by atoms with van der Waals surface area (Å²) < 4.78 is 42.3. The number of benzene rings is 2. The molecule has 0 unspecified atom stereocenters. The second kappa shape index (κ2) is 8.71. The molecule has 11 heteroatoms. The van der Waals surface area contributed by atoms with E-state index < -0.39 is 27.7 Å². The van der Waals surface area contributed by atoms with E-state index >= 15 is 0 Å². The summed E-state index contributed by atoms with van der Waals surface area (Å²) in [4.78, 5) is 29.5. The fourth-order valence-corrected chi connectivity index (χ4v) is 4.29. The van der Waals surface area contributed by atoms with Crippen LogP contribution in [0.3, 0.4) is 0 Å². The maximum Gasteiger partial charge on any atom is 0.288 e. The molecule has 33 heavy (non-hydrogen) atoms. The van der Waals surface area contributed by atoms with Gasteiger partial charge in [-0.1, -0.05) is 18.2 Å². The Bertz CT molecular complexity index is 1470. The van der Waals surface area contributed by atoms with Crippen molar-refractivity contribution in [1.82, 2.24) is 20.2 Å². The van der Waals surface area contributed by atoms with Gasteiger partial charge in [-0.15, -0.1) is 0 Å². The first-order valence-electron chi connectivity index (χ1n) is 9.68. The average Bonchev–Trinajstić information content (AvgIpc) is 3.13. The number of pyridine rings is 1. The number of fused-ring (bicyclic) bond motifs is 1. The van der Waals surface area contributed by atoms with Crippen molar-refractivity contribution < 1.29 is 22.4 Å². The molecule has 0 spiro atoms. The standard InChI is InChI=1S/C22H18FN5O4S/c1-14-20(28-13-5-4-8-19(28)24-14)22(30)26-25-21(29)17-6-2-3-7-18(17)27-33(31,32)16-11-9-15(23)10-12-16/h2-13,27H,1H3,(H,25,29)(H,26,30). The zero-order valence-corrected chi connectivity index (χ0v) is 18.1. The van der Waals surface area contributed by atoms with E-state index in [0.29, 0.717) is 11.3 Å². The van der Waals surface area contributed by atoms with Crippen LogP contribution in [0.5, 0.6) is 0 Å². The number of aromatic nitrogens is 2. The first-order chi connectivity index (χ1) is 15.8. The molecule has 0 radical (unpaired) electrons. The second-order valence-electron chi connectivity index (χ2n) is 6.99. The van der Waals surface area contributed by atoms with Crippen molar-refractivity contribution in [1.29, 1.82) is 0 Å². The molecule has 3 N–H and O–H groups in total. The quantitative estimate of drug-likeness (QED) is 0.390. The first kappa shape index (κ1) is 22.0. The Hall–Kier alpha value is -4.25. The van der Waals surface area contributed by atoms with Gasteiger partial charge in [0.15, 0.2) is 0 Å². The molecule has 168 valence electrons. The molecule has 0 fully saturated rings. The van der Waals surface area contributed by atoms with Crippen LogP contribution in [-0.2, 0) is 10.0 Å². The Morgan fingerprint density at radius 1 is 0.909 bits per heavy atom. The Morgan fingerprint density at radius 2 is 1.58 bits per heavy atom. The molecular formula is C22H18FN5O4S. The van der Waals surface area contributed by atoms with Crippen LogP contribution in [0.4, 0.5) is 10.1 Å². The number of hydrogen-bond donors (Lipinski definition) is 3. The summed E-state index contributed by atoms with van der Waals surface area (Å²) in [6.07, 6.45) is 1.67. The van der Waals surface area contributed by atoms with E-state index in [9.17, 15) is 22.4 Å². The number of sulfonamides is 1. The average molecular weight is 467 g/mol. The number of imidazole rings is 1. The zero-order valence-electron chi connectivity index (χ0n) is 17.2. The lowest BCUT2D eigenvalue weighted by Gasteiger charge is -2.13. The SMILES string of the molecule is Cc1nc2ccccn2c1C(=O)NNC(=O)c1ccccc1NS(=O)(=O)c1ccc(F)cc1. The Labute approximate surface area is 188 Å². The van der Waals surface area contributed by atoms with Crippen molar-refractivity contribution in [2.24, 2.45) is 0 Å². The van der Waals surface area contributed by atoms with Gasteiger partial charge in [-0.3, -0.25) is 29.6 Å². The molecule has 2 aromatic heterocycles. The van der Waals surface area contributed by atoms with Gasteiger partial charge < -0.3 is 0 Å². The number of carbonyl (C=O) groups excluding carboxylic acids is 2. The minimum atomic E-state index is -4.08. The molecule has 0 aliphatic carbocycles. The molecule has 2 heterocycles. The number of halogens is 1. The van der Waals surface area contributed by atoms with Crippen LogP contribution in [0.2, 0.25) is 0 Å². The maximum absolute atomic E-state index is 13.1. The highest BCUT2D eigenvalue weighted by molar-refractivity contribution is 7.92. The van der Waals surface area contributed by atoms with Gasteiger partial charge in [-0.25, -0.2) is 17.8 Å². The highest BCUT2D eigenvalue weighted by atomic mass is 32.2. The van der Waals surface area contributed by atoms with E-state index in [-0.39, 0.29) is 21.8 Å². The van der Waals surface area contributed by atoms with E-state index in [1.807, 2.05) is 0 Å². The molecule has 0 atom stereocenters. The molecule has 0 saturated carbocycles.